The van der Waals surface area contributed by atoms with E-state index in [9.17, 15) is 0 Å². The van der Waals surface area contributed by atoms with Crippen molar-refractivity contribution in [2.75, 3.05) is 11.5 Å². The zero-order chi connectivity index (χ0) is 8.43. The van der Waals surface area contributed by atoms with Crippen LogP contribution in [0, 0.1) is 18.3 Å². The number of aryl methyl sites for hydroxylation is 1. The molecule has 0 heterocycles. The third-order valence-electron chi connectivity index (χ3n) is 1.53. The molecule has 0 saturated carbocycles. The molecular weight excluding hydrogens is 138 g/mol. The predicted molar refractivity (Wildman–Crippen MR) is 44.7 cm³/mol. The van der Waals surface area contributed by atoms with Crippen LogP contribution in [0.1, 0.15) is 11.1 Å². The number of nitrogens with zero attached hydrogens (tertiary/aromatic N) is 1. The number of nitriles is 1. The highest BCUT2D eigenvalue weighted by atomic mass is 14.6. The summed E-state index contributed by atoms with van der Waals surface area (Å²) in [4.78, 5) is 0. The van der Waals surface area contributed by atoms with Gasteiger partial charge in [0.2, 0.25) is 0 Å². The summed E-state index contributed by atoms with van der Waals surface area (Å²) in [6.07, 6.45) is 0. The van der Waals surface area contributed by atoms with Crippen LogP contribution in [0.3, 0.4) is 0 Å². The van der Waals surface area contributed by atoms with Crippen LogP contribution in [0.5, 0.6) is 0 Å². The molecule has 0 aliphatic heterocycles. The fourth-order valence-corrected chi connectivity index (χ4v) is 0.919. The maximum absolute atomic E-state index is 8.58. The Morgan fingerprint density at radius 2 is 2.00 bits per heavy atom. The molecule has 4 N–H and O–H groups in total. The zero-order valence-electron chi connectivity index (χ0n) is 6.26. The first kappa shape index (κ1) is 7.42. The number of nitrogen functional groups attached to an aromatic ring is 2. The van der Waals surface area contributed by atoms with Gasteiger partial charge < -0.3 is 11.5 Å². The molecule has 0 aliphatic carbocycles. The summed E-state index contributed by atoms with van der Waals surface area (Å²) in [5, 5.41) is 8.58. The van der Waals surface area contributed by atoms with E-state index in [1.54, 1.807) is 12.1 Å². The normalized spacial score (nSPS) is 9.09. The fourth-order valence-electron chi connectivity index (χ4n) is 0.919. The second kappa shape index (κ2) is 2.51. The van der Waals surface area contributed by atoms with Gasteiger partial charge in [-0.3, -0.25) is 0 Å². The third-order valence-corrected chi connectivity index (χ3v) is 1.53. The molecule has 3 heteroatoms. The Morgan fingerprint density at radius 1 is 1.36 bits per heavy atom. The summed E-state index contributed by atoms with van der Waals surface area (Å²) in [7, 11) is 0. The Morgan fingerprint density at radius 3 is 2.55 bits per heavy atom. The van der Waals surface area contributed by atoms with E-state index in [2.05, 4.69) is 0 Å². The maximum atomic E-state index is 8.58. The molecule has 0 bridgehead atoms. The van der Waals surface area contributed by atoms with Crippen molar-refractivity contribution in [2.45, 2.75) is 6.92 Å². The first-order valence-electron chi connectivity index (χ1n) is 3.21. The minimum atomic E-state index is 0.447. The first-order valence-corrected chi connectivity index (χ1v) is 3.21. The highest BCUT2D eigenvalue weighted by Gasteiger charge is 2.01. The predicted octanol–water partition coefficient (Wildman–Crippen LogP) is 1.03. The SMILES string of the molecule is Cc1cc(N)cc(C#N)c1N. The van der Waals surface area contributed by atoms with Crippen molar-refractivity contribution in [1.29, 1.82) is 5.26 Å². The van der Waals surface area contributed by atoms with Crippen LogP contribution in [0.15, 0.2) is 12.1 Å². The van der Waals surface area contributed by atoms with Crippen LogP contribution in [-0.2, 0) is 0 Å². The van der Waals surface area contributed by atoms with Crippen LogP contribution in [-0.4, -0.2) is 0 Å². The smallest absolute Gasteiger partial charge is 0.101 e. The molecule has 0 spiro atoms. The zero-order valence-corrected chi connectivity index (χ0v) is 6.26. The lowest BCUT2D eigenvalue weighted by Gasteiger charge is -2.02. The van der Waals surface area contributed by atoms with E-state index in [-0.39, 0.29) is 0 Å². The monoisotopic (exact) mass is 147 g/mol. The van der Waals surface area contributed by atoms with E-state index in [1.165, 1.54) is 0 Å². The average molecular weight is 147 g/mol. The third kappa shape index (κ3) is 1.24. The van der Waals surface area contributed by atoms with Crippen molar-refractivity contribution >= 4 is 11.4 Å². The van der Waals surface area contributed by atoms with Crippen molar-refractivity contribution in [3.63, 3.8) is 0 Å². The molecule has 0 fully saturated rings. The molecule has 0 aromatic heterocycles. The van der Waals surface area contributed by atoms with Gasteiger partial charge in [0.05, 0.1) is 11.3 Å². The molecule has 56 valence electrons. The van der Waals surface area contributed by atoms with Crippen LogP contribution in [0.4, 0.5) is 11.4 Å². The summed E-state index contributed by atoms with van der Waals surface area (Å²) in [6.45, 7) is 1.83. The van der Waals surface area contributed by atoms with Crippen LogP contribution in [0.2, 0.25) is 0 Å². The quantitative estimate of drug-likeness (QED) is 0.538. The summed E-state index contributed by atoms with van der Waals surface area (Å²) < 4.78 is 0. The number of benzene rings is 1. The van der Waals surface area contributed by atoms with Crippen molar-refractivity contribution in [1.82, 2.24) is 0 Å². The van der Waals surface area contributed by atoms with Gasteiger partial charge >= 0.3 is 0 Å². The van der Waals surface area contributed by atoms with Gasteiger partial charge in [-0.25, -0.2) is 0 Å². The first-order chi connectivity index (χ1) is 5.15. The van der Waals surface area contributed by atoms with E-state index in [1.807, 2.05) is 13.0 Å². The number of hydrogen-bond donors (Lipinski definition) is 2. The van der Waals surface area contributed by atoms with Gasteiger partial charge in [0.15, 0.2) is 0 Å². The standard InChI is InChI=1S/C8H9N3/c1-5-2-7(10)3-6(4-9)8(5)11/h2-3H,10-11H2,1H3. The average Bonchev–Trinajstić information content (AvgIpc) is 1.96. The number of nitrogens with two attached hydrogens (primary N) is 2. The molecular formula is C8H9N3. The van der Waals surface area contributed by atoms with Crippen LogP contribution < -0.4 is 11.5 Å². The number of hydrogen-bond acceptors (Lipinski definition) is 3. The number of anilines is 2. The van der Waals surface area contributed by atoms with Gasteiger partial charge in [0.25, 0.3) is 0 Å². The van der Waals surface area contributed by atoms with Gasteiger partial charge in [-0.05, 0) is 24.6 Å². The highest BCUT2D eigenvalue weighted by molar-refractivity contribution is 5.64. The van der Waals surface area contributed by atoms with Crippen molar-refractivity contribution in [3.05, 3.63) is 23.3 Å². The Hall–Kier alpha value is -1.69. The minimum absolute atomic E-state index is 0.447. The summed E-state index contributed by atoms with van der Waals surface area (Å²) in [5.74, 6) is 0. The van der Waals surface area contributed by atoms with Gasteiger partial charge in [-0.1, -0.05) is 0 Å². The Balaban J connectivity index is 3.39. The molecule has 1 rings (SSSR count). The van der Waals surface area contributed by atoms with Crippen molar-refractivity contribution in [2.24, 2.45) is 0 Å². The Kier molecular flexibility index (Phi) is 1.69. The van der Waals surface area contributed by atoms with Crippen molar-refractivity contribution in [3.8, 4) is 6.07 Å². The van der Waals surface area contributed by atoms with Gasteiger partial charge in [0, 0.05) is 5.69 Å². The van der Waals surface area contributed by atoms with E-state index in [0.717, 1.165) is 5.56 Å². The second-order valence-electron chi connectivity index (χ2n) is 2.41. The number of rotatable bonds is 0. The van der Waals surface area contributed by atoms with E-state index < -0.39 is 0 Å². The Labute approximate surface area is 65.2 Å². The lowest BCUT2D eigenvalue weighted by molar-refractivity contribution is 1.42. The minimum Gasteiger partial charge on any atom is -0.399 e. The van der Waals surface area contributed by atoms with Gasteiger partial charge in [-0.2, -0.15) is 5.26 Å². The molecule has 1 aromatic carbocycles. The topological polar surface area (TPSA) is 75.8 Å². The maximum Gasteiger partial charge on any atom is 0.101 e. The molecule has 11 heavy (non-hydrogen) atoms. The summed E-state index contributed by atoms with van der Waals surface area (Å²) in [5.41, 5.74) is 13.5. The molecule has 0 atom stereocenters. The van der Waals surface area contributed by atoms with Gasteiger partial charge in [0.1, 0.15) is 6.07 Å². The molecule has 3 nitrogen and oxygen atoms in total. The second-order valence-corrected chi connectivity index (χ2v) is 2.41. The van der Waals surface area contributed by atoms with Crippen LogP contribution >= 0.6 is 0 Å². The van der Waals surface area contributed by atoms with Gasteiger partial charge in [-0.15, -0.1) is 0 Å². The Bertz CT molecular complexity index is 323. The van der Waals surface area contributed by atoms with E-state index in [0.29, 0.717) is 16.9 Å². The lowest BCUT2D eigenvalue weighted by Crippen LogP contribution is -1.96. The molecule has 0 unspecified atom stereocenters. The van der Waals surface area contributed by atoms with E-state index >= 15 is 0 Å². The summed E-state index contributed by atoms with van der Waals surface area (Å²) in [6, 6.07) is 5.29. The van der Waals surface area contributed by atoms with Crippen molar-refractivity contribution < 1.29 is 0 Å². The molecule has 1 aromatic rings. The summed E-state index contributed by atoms with van der Waals surface area (Å²) >= 11 is 0. The molecule has 0 radical (unpaired) electrons. The molecule has 0 aliphatic rings. The highest BCUT2D eigenvalue weighted by Crippen LogP contribution is 2.19. The fraction of sp³-hybridized carbons (Fsp3) is 0.125. The van der Waals surface area contributed by atoms with E-state index in [4.69, 9.17) is 16.7 Å². The van der Waals surface area contributed by atoms with Crippen LogP contribution in [0.25, 0.3) is 0 Å². The molecule has 0 saturated heterocycles. The lowest BCUT2D eigenvalue weighted by atomic mass is 10.1. The molecule has 0 amide bonds. The largest absolute Gasteiger partial charge is 0.399 e.